The fourth-order valence-electron chi connectivity index (χ4n) is 4.17. The zero-order valence-corrected chi connectivity index (χ0v) is 18.1. The number of ketones is 1. The summed E-state index contributed by atoms with van der Waals surface area (Å²) in [5.74, 6) is 0.901. The lowest BCUT2D eigenvalue weighted by Crippen LogP contribution is -2.25. The molecule has 5 rings (SSSR count). The molecule has 0 bridgehead atoms. The van der Waals surface area contributed by atoms with Crippen LogP contribution >= 0.6 is 11.3 Å². The van der Waals surface area contributed by atoms with Crippen LogP contribution in [0.25, 0.3) is 21.2 Å². The molecular formula is C25H24N4OS. The van der Waals surface area contributed by atoms with Gasteiger partial charge in [0.2, 0.25) is 5.78 Å². The Kier molecular flexibility index (Phi) is 5.38. The Labute approximate surface area is 185 Å². The van der Waals surface area contributed by atoms with Crippen molar-refractivity contribution in [3.05, 3.63) is 71.4 Å². The van der Waals surface area contributed by atoms with Crippen LogP contribution in [-0.2, 0) is 0 Å². The van der Waals surface area contributed by atoms with Crippen molar-refractivity contribution >= 4 is 38.8 Å². The maximum Gasteiger partial charge on any atom is 0.215 e. The van der Waals surface area contributed by atoms with Crippen molar-refractivity contribution in [2.24, 2.45) is 0 Å². The van der Waals surface area contributed by atoms with Crippen molar-refractivity contribution in [2.45, 2.75) is 25.7 Å². The summed E-state index contributed by atoms with van der Waals surface area (Å²) < 4.78 is 1.20. The molecule has 0 radical (unpaired) electrons. The maximum atomic E-state index is 13.4. The highest BCUT2D eigenvalue weighted by Gasteiger charge is 2.19. The van der Waals surface area contributed by atoms with Crippen LogP contribution in [0.15, 0.2) is 60.1 Å². The fraction of sp³-hybridized carbons (Fsp3) is 0.240. The first-order valence-corrected chi connectivity index (χ1v) is 11.6. The highest BCUT2D eigenvalue weighted by atomic mass is 32.1. The van der Waals surface area contributed by atoms with Crippen molar-refractivity contribution in [1.29, 1.82) is 0 Å². The number of aromatic nitrogens is 2. The number of pyridine rings is 2. The zero-order valence-electron chi connectivity index (χ0n) is 17.3. The molecule has 1 saturated heterocycles. The van der Waals surface area contributed by atoms with Crippen LogP contribution in [0, 0.1) is 0 Å². The average Bonchev–Trinajstić information content (AvgIpc) is 3.05. The zero-order chi connectivity index (χ0) is 21.2. The predicted molar refractivity (Wildman–Crippen MR) is 128 cm³/mol. The predicted octanol–water partition coefficient (Wildman–Crippen LogP) is 5.55. The Bertz CT molecular complexity index is 1240. The van der Waals surface area contributed by atoms with Crippen LogP contribution in [0.4, 0.5) is 11.6 Å². The normalized spacial score (nSPS) is 14.5. The number of nitrogens with zero attached hydrogens (tertiary/aromatic N) is 3. The second-order valence-corrected chi connectivity index (χ2v) is 8.82. The van der Waals surface area contributed by atoms with E-state index in [0.717, 1.165) is 48.3 Å². The van der Waals surface area contributed by atoms with Crippen molar-refractivity contribution < 1.29 is 4.79 Å². The third-order valence-corrected chi connectivity index (χ3v) is 6.82. The van der Waals surface area contributed by atoms with Crippen molar-refractivity contribution in [3.63, 3.8) is 0 Å². The standard InChI is InChI=1S/C25H24N4OS/c26-25-19(14-17(15-27-25)20-16-31-22-10-4-3-8-18(20)22)24(30)21-9-7-11-23(28-21)29-12-5-1-2-6-13-29/h3-4,7-11,14-16H,1-2,5-6,12-13H2,(H2,26,27). The first-order chi connectivity index (χ1) is 15.2. The minimum absolute atomic E-state index is 0.192. The SMILES string of the molecule is Nc1ncc(-c2csc3ccccc23)cc1C(=O)c1cccc(N2CCCCCC2)n1. The average molecular weight is 429 g/mol. The van der Waals surface area contributed by atoms with E-state index in [1.165, 1.54) is 17.5 Å². The van der Waals surface area contributed by atoms with Gasteiger partial charge in [-0.2, -0.15) is 0 Å². The van der Waals surface area contributed by atoms with E-state index >= 15 is 0 Å². The fourth-order valence-corrected chi connectivity index (χ4v) is 5.14. The third kappa shape index (κ3) is 3.91. The van der Waals surface area contributed by atoms with Crippen LogP contribution in [0.3, 0.4) is 0 Å². The number of anilines is 2. The first-order valence-electron chi connectivity index (χ1n) is 10.7. The molecule has 1 fully saturated rings. The van der Waals surface area contributed by atoms with Gasteiger partial charge in [0.15, 0.2) is 0 Å². The lowest BCUT2D eigenvalue weighted by molar-refractivity contribution is 0.103. The number of thiophene rings is 1. The summed E-state index contributed by atoms with van der Waals surface area (Å²) in [6.45, 7) is 1.96. The summed E-state index contributed by atoms with van der Waals surface area (Å²) in [6, 6.07) is 15.7. The van der Waals surface area contributed by atoms with Gasteiger partial charge in [-0.25, -0.2) is 9.97 Å². The van der Waals surface area contributed by atoms with Crippen molar-refractivity contribution in [3.8, 4) is 11.1 Å². The maximum absolute atomic E-state index is 13.4. The van der Waals surface area contributed by atoms with Gasteiger partial charge in [-0.3, -0.25) is 4.79 Å². The van der Waals surface area contributed by atoms with Crippen LogP contribution < -0.4 is 10.6 Å². The van der Waals surface area contributed by atoms with Gasteiger partial charge in [-0.1, -0.05) is 37.1 Å². The quantitative estimate of drug-likeness (QED) is 0.431. The summed E-state index contributed by atoms with van der Waals surface area (Å²) in [5, 5.41) is 3.25. The van der Waals surface area contributed by atoms with E-state index in [9.17, 15) is 4.79 Å². The molecular weight excluding hydrogens is 404 g/mol. The second-order valence-electron chi connectivity index (χ2n) is 7.91. The lowest BCUT2D eigenvalue weighted by Gasteiger charge is -2.21. The Morgan fingerprint density at radius 2 is 1.81 bits per heavy atom. The topological polar surface area (TPSA) is 72.1 Å². The number of hydrogen-bond acceptors (Lipinski definition) is 6. The first kappa shape index (κ1) is 19.7. The van der Waals surface area contributed by atoms with Crippen LogP contribution in [-0.4, -0.2) is 28.8 Å². The van der Waals surface area contributed by atoms with Gasteiger partial charge in [0.25, 0.3) is 0 Å². The molecule has 0 atom stereocenters. The number of carbonyl (C=O) groups excluding carboxylic acids is 1. The molecule has 3 aromatic heterocycles. The van der Waals surface area contributed by atoms with E-state index in [0.29, 0.717) is 11.3 Å². The molecule has 0 spiro atoms. The van der Waals surface area contributed by atoms with Gasteiger partial charge in [-0.15, -0.1) is 11.3 Å². The molecule has 5 nitrogen and oxygen atoms in total. The van der Waals surface area contributed by atoms with Crippen LogP contribution in [0.5, 0.6) is 0 Å². The molecule has 4 aromatic rings. The molecule has 2 N–H and O–H groups in total. The second kappa shape index (κ2) is 8.47. The van der Waals surface area contributed by atoms with Gasteiger partial charge in [0.1, 0.15) is 17.3 Å². The molecule has 31 heavy (non-hydrogen) atoms. The number of rotatable bonds is 4. The molecule has 1 aromatic carbocycles. The Hall–Kier alpha value is -3.25. The monoisotopic (exact) mass is 428 g/mol. The number of benzene rings is 1. The molecule has 6 heteroatoms. The number of carbonyl (C=O) groups is 1. The minimum atomic E-state index is -0.192. The van der Waals surface area contributed by atoms with E-state index in [-0.39, 0.29) is 11.6 Å². The van der Waals surface area contributed by atoms with E-state index in [1.54, 1.807) is 23.6 Å². The van der Waals surface area contributed by atoms with E-state index in [2.05, 4.69) is 27.4 Å². The molecule has 1 aliphatic heterocycles. The summed E-state index contributed by atoms with van der Waals surface area (Å²) in [6.07, 6.45) is 6.56. The Morgan fingerprint density at radius 1 is 1.00 bits per heavy atom. The van der Waals surface area contributed by atoms with Crippen LogP contribution in [0.1, 0.15) is 41.7 Å². The summed E-state index contributed by atoms with van der Waals surface area (Å²) in [5.41, 5.74) is 8.88. The highest BCUT2D eigenvalue weighted by molar-refractivity contribution is 7.17. The molecule has 0 saturated carbocycles. The van der Waals surface area contributed by atoms with Gasteiger partial charge >= 0.3 is 0 Å². The summed E-state index contributed by atoms with van der Waals surface area (Å²) in [4.78, 5) is 24.7. The van der Waals surface area contributed by atoms with Gasteiger partial charge in [0, 0.05) is 40.5 Å². The molecule has 0 amide bonds. The van der Waals surface area contributed by atoms with E-state index in [4.69, 9.17) is 10.7 Å². The highest BCUT2D eigenvalue weighted by Crippen LogP contribution is 2.34. The Morgan fingerprint density at radius 3 is 2.65 bits per heavy atom. The minimum Gasteiger partial charge on any atom is -0.383 e. The number of fused-ring (bicyclic) bond motifs is 1. The lowest BCUT2D eigenvalue weighted by atomic mass is 10.0. The third-order valence-electron chi connectivity index (χ3n) is 5.85. The van der Waals surface area contributed by atoms with E-state index in [1.807, 2.05) is 30.3 Å². The van der Waals surface area contributed by atoms with Crippen molar-refractivity contribution in [2.75, 3.05) is 23.7 Å². The molecule has 0 aliphatic carbocycles. The van der Waals surface area contributed by atoms with Crippen molar-refractivity contribution in [1.82, 2.24) is 9.97 Å². The van der Waals surface area contributed by atoms with Gasteiger partial charge in [0.05, 0.1) is 5.56 Å². The molecule has 0 unspecified atom stereocenters. The number of hydrogen-bond donors (Lipinski definition) is 1. The smallest absolute Gasteiger partial charge is 0.215 e. The number of nitrogens with two attached hydrogens (primary N) is 1. The summed E-state index contributed by atoms with van der Waals surface area (Å²) in [7, 11) is 0. The number of nitrogen functional groups attached to an aromatic ring is 1. The molecule has 156 valence electrons. The summed E-state index contributed by atoms with van der Waals surface area (Å²) >= 11 is 1.68. The van der Waals surface area contributed by atoms with E-state index < -0.39 is 0 Å². The van der Waals surface area contributed by atoms with Gasteiger partial charge < -0.3 is 10.6 Å². The molecule has 1 aliphatic rings. The Balaban J connectivity index is 1.50. The van der Waals surface area contributed by atoms with Gasteiger partial charge in [-0.05, 0) is 42.5 Å². The van der Waals surface area contributed by atoms with Crippen LogP contribution in [0.2, 0.25) is 0 Å². The largest absolute Gasteiger partial charge is 0.383 e. The molecule has 4 heterocycles.